The van der Waals surface area contributed by atoms with Gasteiger partial charge in [-0.1, -0.05) is 23.7 Å². The minimum atomic E-state index is -0.381. The van der Waals surface area contributed by atoms with Crippen molar-refractivity contribution in [2.45, 2.75) is 33.7 Å². The fraction of sp³-hybridized carbons (Fsp3) is 0.240. The summed E-state index contributed by atoms with van der Waals surface area (Å²) in [5.41, 5.74) is 4.96. The van der Waals surface area contributed by atoms with Crippen molar-refractivity contribution in [2.75, 3.05) is 11.9 Å². The van der Waals surface area contributed by atoms with Crippen LogP contribution < -0.4 is 15.4 Å². The molecule has 0 saturated heterocycles. The number of aromatic nitrogens is 2. The Hall–Kier alpha value is -3.58. The number of benzene rings is 2. The lowest BCUT2D eigenvalue weighted by molar-refractivity contribution is -0.115. The van der Waals surface area contributed by atoms with Crippen LogP contribution in [0.4, 0.5) is 5.69 Å². The van der Waals surface area contributed by atoms with Gasteiger partial charge < -0.3 is 15.4 Å². The molecule has 1 aliphatic rings. The van der Waals surface area contributed by atoms with Gasteiger partial charge in [-0.25, -0.2) is 0 Å². The van der Waals surface area contributed by atoms with Crippen molar-refractivity contribution in [3.63, 3.8) is 0 Å². The van der Waals surface area contributed by atoms with Crippen LogP contribution in [-0.4, -0.2) is 28.1 Å². The smallest absolute Gasteiger partial charge is 0.291 e. The van der Waals surface area contributed by atoms with E-state index < -0.39 is 0 Å². The van der Waals surface area contributed by atoms with Crippen LogP contribution in [0.5, 0.6) is 5.75 Å². The van der Waals surface area contributed by atoms with Gasteiger partial charge in [0.1, 0.15) is 0 Å². The highest BCUT2D eigenvalue weighted by Crippen LogP contribution is 2.32. The molecule has 2 amide bonds. The number of fused-ring (bicyclic) bond motifs is 1. The number of hydrogen-bond donors (Lipinski definition) is 2. The first-order chi connectivity index (χ1) is 15.9. The van der Waals surface area contributed by atoms with Crippen LogP contribution in [0, 0.1) is 13.8 Å². The molecular formula is C25H25ClN4O3. The molecule has 0 aliphatic carbocycles. The van der Waals surface area contributed by atoms with Crippen LogP contribution in [0.3, 0.4) is 0 Å². The highest BCUT2D eigenvalue weighted by Gasteiger charge is 2.23. The molecule has 0 atom stereocenters. The maximum absolute atomic E-state index is 12.7. The predicted octanol–water partition coefficient (Wildman–Crippen LogP) is 4.52. The maximum Gasteiger partial charge on any atom is 0.291 e. The van der Waals surface area contributed by atoms with Gasteiger partial charge in [-0.3, -0.25) is 14.3 Å². The zero-order chi connectivity index (χ0) is 23.5. The first-order valence-electron chi connectivity index (χ1n) is 10.8. The summed E-state index contributed by atoms with van der Waals surface area (Å²) in [5.74, 6) is 0.0478. The third-order valence-electron chi connectivity index (χ3n) is 5.59. The Bertz CT molecular complexity index is 1250. The Labute approximate surface area is 197 Å². The van der Waals surface area contributed by atoms with E-state index in [0.29, 0.717) is 35.0 Å². The van der Waals surface area contributed by atoms with Crippen molar-refractivity contribution in [2.24, 2.45) is 0 Å². The summed E-state index contributed by atoms with van der Waals surface area (Å²) in [6.07, 6.45) is 2.34. The van der Waals surface area contributed by atoms with Gasteiger partial charge >= 0.3 is 0 Å². The van der Waals surface area contributed by atoms with Gasteiger partial charge in [-0.05, 0) is 74.7 Å². The van der Waals surface area contributed by atoms with Crippen LogP contribution in [0.15, 0.2) is 48.2 Å². The highest BCUT2D eigenvalue weighted by atomic mass is 35.5. The van der Waals surface area contributed by atoms with Crippen molar-refractivity contribution < 1.29 is 14.3 Å². The molecule has 33 heavy (non-hydrogen) atoms. The van der Waals surface area contributed by atoms with Gasteiger partial charge in [0, 0.05) is 29.4 Å². The number of hydrogen-bond acceptors (Lipinski definition) is 4. The number of nitrogens with zero attached hydrogens (tertiary/aromatic N) is 2. The van der Waals surface area contributed by atoms with Gasteiger partial charge in [0.2, 0.25) is 0 Å². The normalized spacial score (nSPS) is 13.9. The Morgan fingerprint density at radius 3 is 2.67 bits per heavy atom. The van der Waals surface area contributed by atoms with E-state index in [2.05, 4.69) is 22.7 Å². The largest absolute Gasteiger partial charge is 0.449 e. The predicted molar refractivity (Wildman–Crippen MR) is 129 cm³/mol. The van der Waals surface area contributed by atoms with Gasteiger partial charge in [-0.15, -0.1) is 0 Å². The van der Waals surface area contributed by atoms with Crippen molar-refractivity contribution in [3.8, 4) is 5.75 Å². The van der Waals surface area contributed by atoms with Crippen molar-refractivity contribution in [1.29, 1.82) is 0 Å². The molecule has 1 aromatic heterocycles. The molecular weight excluding hydrogens is 440 g/mol. The van der Waals surface area contributed by atoms with E-state index in [1.807, 2.05) is 18.5 Å². The van der Waals surface area contributed by atoms with Gasteiger partial charge in [-0.2, -0.15) is 5.10 Å². The first kappa shape index (κ1) is 22.6. The molecule has 3 aromatic rings. The molecule has 0 fully saturated rings. The monoisotopic (exact) mass is 464 g/mol. The van der Waals surface area contributed by atoms with Gasteiger partial charge in [0.15, 0.2) is 11.5 Å². The van der Waals surface area contributed by atoms with Crippen LogP contribution >= 0.6 is 11.6 Å². The van der Waals surface area contributed by atoms with E-state index in [9.17, 15) is 9.59 Å². The van der Waals surface area contributed by atoms with Gasteiger partial charge in [0.05, 0.1) is 11.4 Å². The summed E-state index contributed by atoms with van der Waals surface area (Å²) < 4.78 is 7.73. The number of amides is 2. The first-order valence-corrected chi connectivity index (χ1v) is 11.1. The lowest BCUT2D eigenvalue weighted by Gasteiger charge is -2.20. The number of halogens is 1. The number of aryl methyl sites for hydroxylation is 2. The van der Waals surface area contributed by atoms with Crippen molar-refractivity contribution in [3.05, 3.63) is 81.3 Å². The summed E-state index contributed by atoms with van der Waals surface area (Å²) in [5, 5.41) is 10.9. The quantitative estimate of drug-likeness (QED) is 0.525. The zero-order valence-corrected chi connectivity index (χ0v) is 19.5. The SMILES string of the molecule is CCn1nc(C)c(CCNC(=O)c2ccc3c(c2)NC(=O)/C(=C/c2ccc(Cl)cc2)O3)c1C. The van der Waals surface area contributed by atoms with Crippen LogP contribution in [0.1, 0.15) is 39.8 Å². The average Bonchev–Trinajstić information content (AvgIpc) is 3.08. The minimum absolute atomic E-state index is 0.167. The van der Waals surface area contributed by atoms with Crippen LogP contribution in [-0.2, 0) is 17.8 Å². The van der Waals surface area contributed by atoms with E-state index in [-0.39, 0.29) is 17.6 Å². The van der Waals surface area contributed by atoms with Crippen molar-refractivity contribution >= 4 is 35.2 Å². The number of carbonyl (C=O) groups excluding carboxylic acids is 2. The van der Waals surface area contributed by atoms with Crippen LogP contribution in [0.2, 0.25) is 5.02 Å². The van der Waals surface area contributed by atoms with E-state index in [4.69, 9.17) is 16.3 Å². The number of anilines is 1. The lowest BCUT2D eigenvalue weighted by Crippen LogP contribution is -2.27. The van der Waals surface area contributed by atoms with Crippen LogP contribution in [0.25, 0.3) is 6.08 Å². The van der Waals surface area contributed by atoms with Crippen molar-refractivity contribution in [1.82, 2.24) is 15.1 Å². The number of ether oxygens (including phenoxy) is 1. The molecule has 8 heteroatoms. The second kappa shape index (κ2) is 9.50. The molecule has 0 unspecified atom stereocenters. The average molecular weight is 465 g/mol. The molecule has 0 saturated carbocycles. The van der Waals surface area contributed by atoms with E-state index in [1.54, 1.807) is 48.5 Å². The Kier molecular flexibility index (Phi) is 6.51. The topological polar surface area (TPSA) is 85.3 Å². The summed E-state index contributed by atoms with van der Waals surface area (Å²) in [7, 11) is 0. The molecule has 0 bridgehead atoms. The zero-order valence-electron chi connectivity index (χ0n) is 18.7. The third kappa shape index (κ3) is 4.93. The number of nitrogens with one attached hydrogen (secondary N) is 2. The standard InChI is InChI=1S/C25H25ClN4O3/c1-4-30-16(3)20(15(2)29-30)11-12-27-24(31)18-7-10-22-21(14-18)28-25(32)23(33-22)13-17-5-8-19(26)9-6-17/h5-10,13-14H,4,11-12H2,1-3H3,(H,27,31)(H,28,32)/b23-13-. The number of carbonyl (C=O) groups is 2. The Morgan fingerprint density at radius 1 is 1.21 bits per heavy atom. The second-order valence-corrected chi connectivity index (χ2v) is 8.23. The fourth-order valence-corrected chi connectivity index (χ4v) is 3.94. The fourth-order valence-electron chi connectivity index (χ4n) is 3.82. The molecule has 2 aromatic carbocycles. The van der Waals surface area contributed by atoms with Gasteiger partial charge in [0.25, 0.3) is 11.8 Å². The molecule has 1 aliphatic heterocycles. The molecule has 170 valence electrons. The lowest BCUT2D eigenvalue weighted by atomic mass is 10.1. The van der Waals surface area contributed by atoms with E-state index >= 15 is 0 Å². The molecule has 2 N–H and O–H groups in total. The molecule has 2 heterocycles. The second-order valence-electron chi connectivity index (χ2n) is 7.80. The highest BCUT2D eigenvalue weighted by molar-refractivity contribution is 6.30. The molecule has 0 spiro atoms. The Balaban J connectivity index is 1.42. The molecule has 7 nitrogen and oxygen atoms in total. The van der Waals surface area contributed by atoms with E-state index in [0.717, 1.165) is 29.1 Å². The summed E-state index contributed by atoms with van der Waals surface area (Å²) in [6, 6.07) is 12.1. The minimum Gasteiger partial charge on any atom is -0.449 e. The maximum atomic E-state index is 12.7. The molecule has 0 radical (unpaired) electrons. The molecule has 4 rings (SSSR count). The summed E-state index contributed by atoms with van der Waals surface area (Å²) >= 11 is 5.91. The summed E-state index contributed by atoms with van der Waals surface area (Å²) in [4.78, 5) is 25.1. The van der Waals surface area contributed by atoms with E-state index in [1.165, 1.54) is 0 Å². The number of rotatable bonds is 6. The Morgan fingerprint density at radius 2 is 1.97 bits per heavy atom. The third-order valence-corrected chi connectivity index (χ3v) is 5.84. The summed E-state index contributed by atoms with van der Waals surface area (Å²) in [6.45, 7) is 7.39.